The molecule has 5 heteroatoms. The third-order valence-corrected chi connectivity index (χ3v) is 3.57. The predicted molar refractivity (Wildman–Crippen MR) is 78.6 cm³/mol. The van der Waals surface area contributed by atoms with Crippen molar-refractivity contribution in [2.45, 2.75) is 26.3 Å². The van der Waals surface area contributed by atoms with Crippen LogP contribution in [-0.2, 0) is 4.79 Å². The van der Waals surface area contributed by atoms with Crippen molar-refractivity contribution in [3.05, 3.63) is 28.2 Å². The number of carbonyl (C=O) groups is 2. The molecule has 1 heterocycles. The lowest BCUT2D eigenvalue weighted by Gasteiger charge is -2.24. The molecule has 0 spiro atoms. The molecule has 1 amide bonds. The number of anilines is 1. The van der Waals surface area contributed by atoms with Gasteiger partial charge in [-0.1, -0.05) is 6.07 Å². The fraction of sp³-hybridized carbons (Fsp3) is 0.429. The summed E-state index contributed by atoms with van der Waals surface area (Å²) in [5.74, 6) is -0.871. The predicted octanol–water partition coefficient (Wildman–Crippen LogP) is 2.37. The van der Waals surface area contributed by atoms with Crippen LogP contribution in [0.1, 0.15) is 31.1 Å². The van der Waals surface area contributed by atoms with Gasteiger partial charge in [0.2, 0.25) is 0 Å². The van der Waals surface area contributed by atoms with Crippen LogP contribution < -0.4 is 10.2 Å². The largest absolute Gasteiger partial charge is 0.310 e. The number of benzene rings is 1. The molecular formula is C14H17BrN2O2. The van der Waals surface area contributed by atoms with Gasteiger partial charge in [-0.05, 0) is 48.8 Å². The maximum Gasteiger partial charge on any atom is 0.299 e. The summed E-state index contributed by atoms with van der Waals surface area (Å²) in [6.07, 6.45) is 0. The molecule has 1 aliphatic rings. The number of ketones is 1. The number of carbonyl (C=O) groups excluding carboxylic acids is 2. The minimum Gasteiger partial charge on any atom is -0.310 e. The highest BCUT2D eigenvalue weighted by Gasteiger charge is 2.36. The molecule has 19 heavy (non-hydrogen) atoms. The van der Waals surface area contributed by atoms with E-state index in [4.69, 9.17) is 0 Å². The van der Waals surface area contributed by atoms with Crippen molar-refractivity contribution in [3.8, 4) is 0 Å². The highest BCUT2D eigenvalue weighted by Crippen LogP contribution is 2.35. The molecule has 102 valence electrons. The van der Waals surface area contributed by atoms with E-state index in [9.17, 15) is 9.59 Å². The average molecular weight is 325 g/mol. The summed E-state index contributed by atoms with van der Waals surface area (Å²) >= 11 is 3.41. The van der Waals surface area contributed by atoms with Gasteiger partial charge >= 0.3 is 0 Å². The van der Waals surface area contributed by atoms with Gasteiger partial charge in [-0.2, -0.15) is 0 Å². The third-order valence-electron chi connectivity index (χ3n) is 2.93. The van der Waals surface area contributed by atoms with Crippen molar-refractivity contribution in [2.24, 2.45) is 0 Å². The highest BCUT2D eigenvalue weighted by molar-refractivity contribution is 9.10. The number of nitrogens with zero attached hydrogens (tertiary/aromatic N) is 1. The molecule has 0 unspecified atom stereocenters. The first kappa shape index (κ1) is 14.2. The van der Waals surface area contributed by atoms with E-state index in [1.807, 2.05) is 6.07 Å². The minimum absolute atomic E-state index is 0.0104. The Balaban J connectivity index is 2.19. The summed E-state index contributed by atoms with van der Waals surface area (Å²) in [5.41, 5.74) is 1.16. The van der Waals surface area contributed by atoms with E-state index >= 15 is 0 Å². The van der Waals surface area contributed by atoms with Gasteiger partial charge in [0.05, 0.1) is 11.3 Å². The number of Topliss-reactive ketones (excluding diaryl/α,β-unsaturated/α-hetero) is 1. The second-order valence-electron chi connectivity index (χ2n) is 5.60. The molecule has 0 saturated carbocycles. The average Bonchev–Trinajstić information content (AvgIpc) is 2.54. The highest BCUT2D eigenvalue weighted by atomic mass is 79.9. The first-order valence-electron chi connectivity index (χ1n) is 6.21. The van der Waals surface area contributed by atoms with Crippen LogP contribution in [0.25, 0.3) is 0 Å². The van der Waals surface area contributed by atoms with Crippen LogP contribution in [0.5, 0.6) is 0 Å². The lowest BCUT2D eigenvalue weighted by molar-refractivity contribution is -0.114. The fourth-order valence-electron chi connectivity index (χ4n) is 2.07. The van der Waals surface area contributed by atoms with Crippen LogP contribution >= 0.6 is 15.9 Å². The van der Waals surface area contributed by atoms with Crippen molar-refractivity contribution in [1.82, 2.24) is 5.32 Å². The molecule has 0 atom stereocenters. The Morgan fingerprint density at radius 2 is 1.95 bits per heavy atom. The van der Waals surface area contributed by atoms with E-state index in [1.165, 1.54) is 0 Å². The quantitative estimate of drug-likeness (QED) is 0.868. The van der Waals surface area contributed by atoms with Gasteiger partial charge in [0.1, 0.15) is 0 Å². The number of para-hydroxylation sites is 1. The van der Waals surface area contributed by atoms with Crippen LogP contribution in [0.3, 0.4) is 0 Å². The van der Waals surface area contributed by atoms with Gasteiger partial charge in [0.15, 0.2) is 0 Å². The Labute approximate surface area is 121 Å². The Kier molecular flexibility index (Phi) is 3.78. The Morgan fingerprint density at radius 3 is 2.58 bits per heavy atom. The summed E-state index contributed by atoms with van der Waals surface area (Å²) in [4.78, 5) is 25.4. The second-order valence-corrected chi connectivity index (χ2v) is 6.45. The normalized spacial score (nSPS) is 15.1. The molecule has 4 nitrogen and oxygen atoms in total. The smallest absolute Gasteiger partial charge is 0.299 e. The topological polar surface area (TPSA) is 49.4 Å². The summed E-state index contributed by atoms with van der Waals surface area (Å²) in [5, 5.41) is 3.31. The molecule has 1 aromatic carbocycles. The molecule has 0 aromatic heterocycles. The van der Waals surface area contributed by atoms with Crippen LogP contribution in [0.2, 0.25) is 0 Å². The van der Waals surface area contributed by atoms with Crippen molar-refractivity contribution in [2.75, 3.05) is 18.0 Å². The van der Waals surface area contributed by atoms with Gasteiger partial charge in [-0.3, -0.25) is 9.59 Å². The van der Waals surface area contributed by atoms with Crippen molar-refractivity contribution >= 4 is 33.3 Å². The SMILES string of the molecule is CC(C)(C)NCCN1C(=O)C(=O)c2cccc(Br)c21. The van der Waals surface area contributed by atoms with Gasteiger partial charge < -0.3 is 10.2 Å². The summed E-state index contributed by atoms with van der Waals surface area (Å²) in [7, 11) is 0. The summed E-state index contributed by atoms with van der Waals surface area (Å²) in [6, 6.07) is 5.30. The second kappa shape index (κ2) is 5.06. The van der Waals surface area contributed by atoms with Gasteiger partial charge in [-0.25, -0.2) is 0 Å². The Morgan fingerprint density at radius 1 is 1.26 bits per heavy atom. The molecule has 2 rings (SSSR count). The maximum absolute atomic E-state index is 12.0. The van der Waals surface area contributed by atoms with E-state index in [0.717, 1.165) is 4.47 Å². The van der Waals surface area contributed by atoms with E-state index in [1.54, 1.807) is 17.0 Å². The van der Waals surface area contributed by atoms with Crippen LogP contribution in [0.15, 0.2) is 22.7 Å². The van der Waals surface area contributed by atoms with Crippen molar-refractivity contribution < 1.29 is 9.59 Å². The molecule has 0 radical (unpaired) electrons. The third kappa shape index (κ3) is 2.87. The molecule has 0 bridgehead atoms. The first-order chi connectivity index (χ1) is 8.81. The van der Waals surface area contributed by atoms with E-state index in [-0.39, 0.29) is 5.54 Å². The zero-order valence-corrected chi connectivity index (χ0v) is 12.9. The zero-order chi connectivity index (χ0) is 14.2. The number of rotatable bonds is 3. The molecule has 0 fully saturated rings. The standard InChI is InChI=1S/C14H17BrN2O2/c1-14(2,3)16-7-8-17-11-9(12(18)13(17)19)5-4-6-10(11)15/h4-6,16H,7-8H2,1-3H3. The molecular weight excluding hydrogens is 308 g/mol. The van der Waals surface area contributed by atoms with Crippen LogP contribution in [-0.4, -0.2) is 30.3 Å². The molecule has 1 N–H and O–H groups in total. The van der Waals surface area contributed by atoms with Crippen molar-refractivity contribution in [3.63, 3.8) is 0 Å². The van der Waals surface area contributed by atoms with E-state index in [2.05, 4.69) is 42.0 Å². The van der Waals surface area contributed by atoms with E-state index in [0.29, 0.717) is 24.3 Å². The number of halogens is 1. The van der Waals surface area contributed by atoms with Gasteiger partial charge in [0, 0.05) is 23.1 Å². The lowest BCUT2D eigenvalue weighted by atomic mass is 10.1. The number of nitrogens with one attached hydrogen (secondary N) is 1. The Hall–Kier alpha value is -1.20. The van der Waals surface area contributed by atoms with E-state index < -0.39 is 11.7 Å². The number of hydrogen-bond donors (Lipinski definition) is 1. The monoisotopic (exact) mass is 324 g/mol. The fourth-order valence-corrected chi connectivity index (χ4v) is 2.65. The minimum atomic E-state index is -0.447. The first-order valence-corrected chi connectivity index (χ1v) is 7.00. The molecule has 1 aliphatic heterocycles. The maximum atomic E-state index is 12.0. The number of fused-ring (bicyclic) bond motifs is 1. The Bertz CT molecular complexity index is 535. The molecule has 1 aromatic rings. The lowest BCUT2D eigenvalue weighted by Crippen LogP contribution is -2.42. The van der Waals surface area contributed by atoms with Gasteiger partial charge in [0.25, 0.3) is 11.7 Å². The molecule has 0 aliphatic carbocycles. The van der Waals surface area contributed by atoms with Gasteiger partial charge in [-0.15, -0.1) is 0 Å². The summed E-state index contributed by atoms with van der Waals surface area (Å²) < 4.78 is 0.778. The van der Waals surface area contributed by atoms with Crippen LogP contribution in [0, 0.1) is 0 Å². The molecule has 0 saturated heterocycles. The van der Waals surface area contributed by atoms with Crippen molar-refractivity contribution in [1.29, 1.82) is 0 Å². The number of amides is 1. The zero-order valence-electron chi connectivity index (χ0n) is 11.3. The van der Waals surface area contributed by atoms with Crippen LogP contribution in [0.4, 0.5) is 5.69 Å². The summed E-state index contributed by atoms with van der Waals surface area (Å²) in [6.45, 7) is 7.32. The number of hydrogen-bond acceptors (Lipinski definition) is 3.